The lowest BCUT2D eigenvalue weighted by Gasteiger charge is -2.36. The second-order valence-electron chi connectivity index (χ2n) is 8.68. The van der Waals surface area contributed by atoms with Crippen LogP contribution in [0.3, 0.4) is 0 Å². The molecule has 2 saturated heterocycles. The quantitative estimate of drug-likeness (QED) is 0.340. The number of hydrogen-bond donors (Lipinski definition) is 1. The highest BCUT2D eigenvalue weighted by Gasteiger charge is 2.37. The molecule has 12 heteroatoms. The van der Waals surface area contributed by atoms with Gasteiger partial charge < -0.3 is 15.0 Å². The van der Waals surface area contributed by atoms with Crippen LogP contribution in [0, 0.1) is 6.92 Å². The molecule has 2 amide bonds. The van der Waals surface area contributed by atoms with Crippen LogP contribution < -0.4 is 15.8 Å². The molecule has 36 heavy (non-hydrogen) atoms. The van der Waals surface area contributed by atoms with Gasteiger partial charge in [0.15, 0.2) is 0 Å². The third-order valence-corrected chi connectivity index (χ3v) is 7.64. The Kier molecular flexibility index (Phi) is 7.46. The van der Waals surface area contributed by atoms with Crippen molar-refractivity contribution in [3.05, 3.63) is 44.7 Å². The van der Waals surface area contributed by atoms with Crippen LogP contribution in [0.2, 0.25) is 0 Å². The number of aryl methyl sites for hydroxylation is 1. The molecule has 4 rings (SSSR count). The Morgan fingerprint density at radius 3 is 2.81 bits per heavy atom. The molecular weight excluding hydrogens is 502 g/mol. The van der Waals surface area contributed by atoms with Crippen molar-refractivity contribution in [1.29, 1.82) is 0 Å². The third-order valence-electron chi connectivity index (χ3n) is 6.31. The predicted molar refractivity (Wildman–Crippen MR) is 142 cm³/mol. The number of ether oxygens (including phenoxy) is 1. The first-order valence-corrected chi connectivity index (χ1v) is 12.8. The van der Waals surface area contributed by atoms with E-state index in [1.165, 1.54) is 17.6 Å². The van der Waals surface area contributed by atoms with Gasteiger partial charge >= 0.3 is 5.97 Å². The average molecular weight is 530 g/mol. The van der Waals surface area contributed by atoms with Gasteiger partial charge in [-0.05, 0) is 38.0 Å². The number of hydrogen-bond acceptors (Lipinski definition) is 9. The molecule has 2 aromatic rings. The molecule has 0 spiro atoms. The molecule has 1 N–H and O–H groups in total. The Bertz CT molecular complexity index is 1350. The Morgan fingerprint density at radius 1 is 1.36 bits per heavy atom. The van der Waals surface area contributed by atoms with Crippen molar-refractivity contribution in [3.63, 3.8) is 0 Å². The summed E-state index contributed by atoms with van der Waals surface area (Å²) in [6, 6.07) is 2.53. The Morgan fingerprint density at radius 2 is 2.11 bits per heavy atom. The molecule has 10 nitrogen and oxygen atoms in total. The maximum atomic E-state index is 13.8. The summed E-state index contributed by atoms with van der Waals surface area (Å²) in [5.74, 6) is -0.985. The minimum Gasteiger partial charge on any atom is -0.469 e. The van der Waals surface area contributed by atoms with E-state index in [1.807, 2.05) is 26.8 Å². The molecule has 2 fully saturated rings. The maximum absolute atomic E-state index is 13.8. The van der Waals surface area contributed by atoms with Gasteiger partial charge in [0.1, 0.15) is 21.8 Å². The maximum Gasteiger partial charge on any atom is 0.308 e. The second-order valence-corrected chi connectivity index (χ2v) is 10.4. The summed E-state index contributed by atoms with van der Waals surface area (Å²) in [5, 5.41) is 2.75. The first kappa shape index (κ1) is 25.8. The second kappa shape index (κ2) is 10.4. The number of carbonyl (C=O) groups excluding carboxylic acids is 3. The molecule has 0 aliphatic carbocycles. The third kappa shape index (κ3) is 4.74. The Balaban J connectivity index is 1.91. The van der Waals surface area contributed by atoms with Gasteiger partial charge in [0.2, 0.25) is 5.91 Å². The molecule has 2 aromatic heterocycles. The van der Waals surface area contributed by atoms with E-state index in [0.717, 1.165) is 23.7 Å². The lowest BCUT2D eigenvalue weighted by molar-refractivity contribution is -0.143. The van der Waals surface area contributed by atoms with Crippen molar-refractivity contribution in [1.82, 2.24) is 19.6 Å². The number of anilines is 1. The largest absolute Gasteiger partial charge is 0.469 e. The number of thioether (sulfide) groups is 1. The molecule has 0 aromatic carbocycles. The first-order valence-electron chi connectivity index (χ1n) is 11.6. The van der Waals surface area contributed by atoms with Gasteiger partial charge in [0, 0.05) is 25.3 Å². The van der Waals surface area contributed by atoms with Crippen LogP contribution in [0.25, 0.3) is 11.7 Å². The molecule has 2 aliphatic rings. The summed E-state index contributed by atoms with van der Waals surface area (Å²) < 4.78 is 6.63. The van der Waals surface area contributed by atoms with Gasteiger partial charge in [-0.25, -0.2) is 4.98 Å². The van der Waals surface area contributed by atoms with Gasteiger partial charge in [-0.2, -0.15) is 0 Å². The number of rotatable bonds is 6. The number of thiocarbonyl (C=S) groups is 1. The lowest BCUT2D eigenvalue weighted by atomic mass is 10.1. The minimum absolute atomic E-state index is 0.0865. The molecule has 0 bridgehead atoms. The van der Waals surface area contributed by atoms with E-state index in [4.69, 9.17) is 21.9 Å². The van der Waals surface area contributed by atoms with E-state index in [0.29, 0.717) is 28.0 Å². The molecule has 190 valence electrons. The summed E-state index contributed by atoms with van der Waals surface area (Å²) >= 11 is 6.58. The van der Waals surface area contributed by atoms with Crippen LogP contribution in [0.1, 0.15) is 37.8 Å². The van der Waals surface area contributed by atoms with E-state index in [2.05, 4.69) is 5.32 Å². The molecule has 2 aliphatic heterocycles. The van der Waals surface area contributed by atoms with Crippen molar-refractivity contribution >= 4 is 63.6 Å². The van der Waals surface area contributed by atoms with Gasteiger partial charge in [-0.15, -0.1) is 0 Å². The number of esters is 1. The number of pyridine rings is 1. The highest BCUT2D eigenvalue weighted by Crippen LogP contribution is 2.35. The Hall–Kier alpha value is -3.25. The first-order chi connectivity index (χ1) is 17.2. The molecule has 4 heterocycles. The van der Waals surface area contributed by atoms with E-state index >= 15 is 0 Å². The SMILES string of the molecule is CCC(C)N1C(=O)C(=Cc2c(N3CCNC(=O)C3CC(=O)OC)nc3ccc(C)cn3c2=O)SC1=S. The molecular formula is C24H27N5O5S2. The molecule has 0 saturated carbocycles. The fourth-order valence-electron chi connectivity index (χ4n) is 4.18. The van der Waals surface area contributed by atoms with E-state index < -0.39 is 17.6 Å². The average Bonchev–Trinajstić information content (AvgIpc) is 3.14. The zero-order chi connectivity index (χ0) is 26.1. The monoisotopic (exact) mass is 529 g/mol. The molecule has 0 radical (unpaired) electrons. The standard InChI is InChI=1S/C24H27N5O5S2/c1-5-14(3)29-23(33)17(36-24(29)35)10-15-20(26-18-7-6-13(2)12-28(18)22(15)32)27-9-8-25-21(31)16(27)11-19(30)34-4/h6-7,10,12,14,16H,5,8-9,11H2,1-4H3,(H,25,31). The number of fused-ring (bicyclic) bond motifs is 1. The number of aromatic nitrogens is 2. The number of nitrogens with one attached hydrogen (secondary N) is 1. The number of methoxy groups -OCH3 is 1. The highest BCUT2D eigenvalue weighted by atomic mass is 32.2. The van der Waals surface area contributed by atoms with E-state index in [9.17, 15) is 19.2 Å². The van der Waals surface area contributed by atoms with Crippen molar-refractivity contribution < 1.29 is 19.1 Å². The smallest absolute Gasteiger partial charge is 0.308 e. The van der Waals surface area contributed by atoms with Crippen LogP contribution in [0.5, 0.6) is 0 Å². The summed E-state index contributed by atoms with van der Waals surface area (Å²) in [4.78, 5) is 60.0. The number of piperazine rings is 1. The van der Waals surface area contributed by atoms with Crippen LogP contribution in [-0.4, -0.2) is 68.7 Å². The van der Waals surface area contributed by atoms with Crippen LogP contribution in [0.4, 0.5) is 5.82 Å². The Labute approximate surface area is 217 Å². The zero-order valence-corrected chi connectivity index (χ0v) is 22.1. The highest BCUT2D eigenvalue weighted by molar-refractivity contribution is 8.26. The van der Waals surface area contributed by atoms with Gasteiger partial charge in [0.25, 0.3) is 11.5 Å². The van der Waals surface area contributed by atoms with Gasteiger partial charge in [0.05, 0.1) is 24.0 Å². The van der Waals surface area contributed by atoms with Crippen molar-refractivity contribution in [3.8, 4) is 0 Å². The normalized spacial score (nSPS) is 20.3. The van der Waals surface area contributed by atoms with Crippen molar-refractivity contribution in [2.45, 2.75) is 45.7 Å². The van der Waals surface area contributed by atoms with Crippen molar-refractivity contribution in [2.24, 2.45) is 0 Å². The van der Waals surface area contributed by atoms with E-state index in [-0.39, 0.29) is 35.7 Å². The molecule has 2 unspecified atom stereocenters. The summed E-state index contributed by atoms with van der Waals surface area (Å²) in [5.41, 5.74) is 0.990. The predicted octanol–water partition coefficient (Wildman–Crippen LogP) is 1.87. The van der Waals surface area contributed by atoms with Crippen molar-refractivity contribution in [2.75, 3.05) is 25.1 Å². The number of amides is 2. The van der Waals surface area contributed by atoms with Gasteiger partial charge in [-0.1, -0.05) is 37.0 Å². The summed E-state index contributed by atoms with van der Waals surface area (Å²) in [6.45, 7) is 6.36. The van der Waals surface area contributed by atoms with Crippen LogP contribution in [-0.2, 0) is 19.1 Å². The zero-order valence-electron chi connectivity index (χ0n) is 20.4. The summed E-state index contributed by atoms with van der Waals surface area (Å²) in [7, 11) is 1.25. The van der Waals surface area contributed by atoms with Crippen LogP contribution in [0.15, 0.2) is 28.0 Å². The van der Waals surface area contributed by atoms with E-state index in [1.54, 1.807) is 22.1 Å². The summed E-state index contributed by atoms with van der Waals surface area (Å²) in [6.07, 6.45) is 3.68. The minimum atomic E-state index is -0.923. The van der Waals surface area contributed by atoms with Crippen LogP contribution >= 0.6 is 24.0 Å². The fourth-order valence-corrected chi connectivity index (χ4v) is 5.62. The number of nitrogens with zero attached hydrogens (tertiary/aromatic N) is 4. The lowest BCUT2D eigenvalue weighted by Crippen LogP contribution is -2.57. The topological polar surface area (TPSA) is 113 Å². The molecule has 2 atom stereocenters. The van der Waals surface area contributed by atoms with Gasteiger partial charge in [-0.3, -0.25) is 28.5 Å². The number of carbonyl (C=O) groups is 3. The fraction of sp³-hybridized carbons (Fsp3) is 0.417.